The van der Waals surface area contributed by atoms with Crippen molar-refractivity contribution in [3.05, 3.63) is 0 Å². The van der Waals surface area contributed by atoms with Gasteiger partial charge >= 0.3 is 20.8 Å². The van der Waals surface area contributed by atoms with Gasteiger partial charge in [-0.25, -0.2) is 4.57 Å². The monoisotopic (exact) mass is 170 g/mol. The molecule has 0 heterocycles. The highest BCUT2D eigenvalue weighted by Gasteiger charge is 2.29. The summed E-state index contributed by atoms with van der Waals surface area (Å²) >= 11 is 0. The molecule has 0 bridgehead atoms. The molecule has 0 atom stereocenters. The zero-order valence-electron chi connectivity index (χ0n) is 4.54. The summed E-state index contributed by atoms with van der Waals surface area (Å²) < 4.78 is 13.0. The van der Waals surface area contributed by atoms with Crippen LogP contribution >= 0.6 is 7.82 Å². The molecule has 0 amide bonds. The normalized spacial score (nSPS) is 10.8. The second kappa shape index (κ2) is 3.13. The molecule has 4 N–H and O–H groups in total. The van der Waals surface area contributed by atoms with Crippen molar-refractivity contribution in [2.75, 3.05) is 0 Å². The lowest BCUT2D eigenvalue weighted by Gasteiger charge is -2.02. The molecule has 0 unspecified atom stereocenters. The van der Waals surface area contributed by atoms with Crippen molar-refractivity contribution in [3.63, 3.8) is 0 Å². The van der Waals surface area contributed by atoms with E-state index >= 15 is 0 Å². The summed E-state index contributed by atoms with van der Waals surface area (Å²) in [6.45, 7) is 0. The molecule has 0 fully saturated rings. The topological polar surface area (TPSA) is 124 Å². The van der Waals surface area contributed by atoms with E-state index in [-0.39, 0.29) is 0 Å². The lowest BCUT2D eigenvalue weighted by atomic mass is 9.94. The average molecular weight is 170 g/mol. The Kier molecular flexibility index (Phi) is 3.01. The second-order valence-electron chi connectivity index (χ2n) is 1.27. The fraction of sp³-hybridized carbons (Fsp3) is 0. The van der Waals surface area contributed by atoms with E-state index in [0.29, 0.717) is 0 Å². The fourth-order valence-electron chi connectivity index (χ4n) is 0.164. The molecule has 0 aliphatic carbocycles. The maximum atomic E-state index is 9.94. The van der Waals surface area contributed by atoms with Crippen molar-refractivity contribution < 1.29 is 33.7 Å². The van der Waals surface area contributed by atoms with Gasteiger partial charge in [0.1, 0.15) is 0 Å². The predicted octanol–water partition coefficient (Wildman–Crippen LogP) is -1.73. The Morgan fingerprint density at radius 3 is 1.90 bits per heavy atom. The van der Waals surface area contributed by atoms with Crippen LogP contribution in [0.4, 0.5) is 4.79 Å². The molecule has 0 aromatic rings. The van der Waals surface area contributed by atoms with Crippen LogP contribution < -0.4 is 0 Å². The third-order valence-electron chi connectivity index (χ3n) is 0.420. The molecule has 0 spiro atoms. The minimum absolute atomic E-state index is 1.78. The molecule has 0 aliphatic rings. The summed E-state index contributed by atoms with van der Waals surface area (Å²) in [6, 6.07) is 0. The fourth-order valence-corrected chi connectivity index (χ4v) is 0.493. The summed E-state index contributed by atoms with van der Waals surface area (Å²) in [5.74, 6) is -1.78. The maximum Gasteiger partial charge on any atom is 0.579 e. The van der Waals surface area contributed by atoms with Gasteiger partial charge in [-0.2, -0.15) is 0 Å². The quantitative estimate of drug-likeness (QED) is 0.286. The van der Waals surface area contributed by atoms with Crippen LogP contribution in [0.15, 0.2) is 0 Å². The van der Waals surface area contributed by atoms with Crippen molar-refractivity contribution in [3.8, 4) is 0 Å². The minimum Gasteiger partial charge on any atom is -0.419 e. The zero-order valence-corrected chi connectivity index (χ0v) is 5.43. The predicted molar refractivity (Wildman–Crippen MR) is 28.7 cm³/mol. The molecular formula is CH4BO7P. The Morgan fingerprint density at radius 2 is 1.80 bits per heavy atom. The van der Waals surface area contributed by atoms with Crippen LogP contribution in [0.3, 0.4) is 0 Å². The molecule has 0 saturated heterocycles. The van der Waals surface area contributed by atoms with Crippen LogP contribution in [0, 0.1) is 0 Å². The standard InChI is InChI=1S/CH4BO7P/c3-1(2(4)5)9-10(6,7)8/h4-5H,(H2,6,7,8). The SMILES string of the molecule is O=C(OP(=O)(O)O)B(O)O. The van der Waals surface area contributed by atoms with Gasteiger partial charge in [-0.1, -0.05) is 0 Å². The highest BCUT2D eigenvalue weighted by molar-refractivity contribution is 7.47. The first-order chi connectivity index (χ1) is 4.33. The summed E-state index contributed by atoms with van der Waals surface area (Å²) in [5.41, 5.74) is 0. The van der Waals surface area contributed by atoms with Crippen LogP contribution in [0.25, 0.3) is 0 Å². The van der Waals surface area contributed by atoms with Crippen molar-refractivity contribution in [2.45, 2.75) is 0 Å². The Hall–Kier alpha value is -0.395. The molecule has 0 radical (unpaired) electrons. The summed E-state index contributed by atoms with van der Waals surface area (Å²) in [4.78, 5) is 25.7. The number of hydrogen-bond acceptors (Lipinski definition) is 5. The Labute approximate surface area is 55.6 Å². The Morgan fingerprint density at radius 1 is 1.40 bits per heavy atom. The lowest BCUT2D eigenvalue weighted by Crippen LogP contribution is -2.25. The molecule has 0 aromatic carbocycles. The molecular weight excluding hydrogens is 166 g/mol. The molecule has 0 aromatic heterocycles. The maximum absolute atomic E-state index is 9.94. The van der Waals surface area contributed by atoms with E-state index in [1.807, 2.05) is 0 Å². The van der Waals surface area contributed by atoms with Crippen LogP contribution in [0.1, 0.15) is 0 Å². The number of phosphoric acid groups is 1. The third-order valence-corrected chi connectivity index (χ3v) is 0.837. The number of hydrogen-bond donors (Lipinski definition) is 4. The van der Waals surface area contributed by atoms with E-state index < -0.39 is 20.8 Å². The van der Waals surface area contributed by atoms with Crippen LogP contribution in [0.5, 0.6) is 0 Å². The van der Waals surface area contributed by atoms with Crippen LogP contribution in [-0.2, 0) is 9.09 Å². The molecule has 0 aliphatic heterocycles. The molecule has 9 heteroatoms. The smallest absolute Gasteiger partial charge is 0.419 e. The summed E-state index contributed by atoms with van der Waals surface area (Å²) in [5, 5.41) is 15.8. The van der Waals surface area contributed by atoms with E-state index in [4.69, 9.17) is 19.8 Å². The van der Waals surface area contributed by atoms with Gasteiger partial charge in [-0.3, -0.25) is 14.6 Å². The van der Waals surface area contributed by atoms with E-state index in [2.05, 4.69) is 4.52 Å². The third kappa shape index (κ3) is 4.48. The van der Waals surface area contributed by atoms with E-state index in [0.717, 1.165) is 0 Å². The molecule has 0 rings (SSSR count). The van der Waals surface area contributed by atoms with Gasteiger partial charge in [0.2, 0.25) is 0 Å². The van der Waals surface area contributed by atoms with Crippen molar-refractivity contribution >= 4 is 20.8 Å². The Balaban J connectivity index is 3.94. The molecule has 10 heavy (non-hydrogen) atoms. The highest BCUT2D eigenvalue weighted by Crippen LogP contribution is 2.35. The molecule has 7 nitrogen and oxygen atoms in total. The number of phosphoric ester groups is 1. The van der Waals surface area contributed by atoms with Gasteiger partial charge in [-0.15, -0.1) is 0 Å². The summed E-state index contributed by atoms with van der Waals surface area (Å²) in [6.07, 6.45) is 0. The van der Waals surface area contributed by atoms with Crippen molar-refractivity contribution in [1.82, 2.24) is 0 Å². The van der Waals surface area contributed by atoms with Gasteiger partial charge in [-0.05, 0) is 0 Å². The van der Waals surface area contributed by atoms with Gasteiger partial charge < -0.3 is 14.6 Å². The van der Waals surface area contributed by atoms with Crippen LogP contribution in [-0.4, -0.2) is 32.8 Å². The largest absolute Gasteiger partial charge is 0.579 e. The minimum atomic E-state index is -4.95. The number of rotatable bonds is 2. The van der Waals surface area contributed by atoms with E-state index in [9.17, 15) is 9.36 Å². The highest BCUT2D eigenvalue weighted by atomic mass is 31.2. The van der Waals surface area contributed by atoms with E-state index in [1.165, 1.54) is 0 Å². The number of carbonyl (C=O) groups excluding carboxylic acids is 1. The molecule has 0 saturated carbocycles. The van der Waals surface area contributed by atoms with Crippen LogP contribution in [0.2, 0.25) is 0 Å². The van der Waals surface area contributed by atoms with Gasteiger partial charge in [0, 0.05) is 0 Å². The zero-order chi connectivity index (χ0) is 8.36. The van der Waals surface area contributed by atoms with Gasteiger partial charge in [0.05, 0.1) is 0 Å². The molecule has 58 valence electrons. The van der Waals surface area contributed by atoms with Crippen molar-refractivity contribution in [1.29, 1.82) is 0 Å². The first-order valence-electron chi connectivity index (χ1n) is 1.98. The van der Waals surface area contributed by atoms with Crippen molar-refractivity contribution in [2.24, 2.45) is 0 Å². The first kappa shape index (κ1) is 9.60. The average Bonchev–Trinajstić information content (AvgIpc) is 1.60. The Bertz CT molecular complexity index is 168. The second-order valence-corrected chi connectivity index (χ2v) is 2.44. The lowest BCUT2D eigenvalue weighted by molar-refractivity contribution is 0.188. The summed E-state index contributed by atoms with van der Waals surface area (Å²) in [7, 11) is -7.47. The van der Waals surface area contributed by atoms with Gasteiger partial charge in [0.25, 0.3) is 0 Å². The number of carbonyl (C=O) groups is 1. The van der Waals surface area contributed by atoms with E-state index in [1.54, 1.807) is 0 Å². The van der Waals surface area contributed by atoms with Gasteiger partial charge in [0.15, 0.2) is 0 Å². The first-order valence-corrected chi connectivity index (χ1v) is 3.51.